The largest absolute Gasteiger partial charge is 0.463 e. The molecule has 1 fully saturated rings. The van der Waals surface area contributed by atoms with Crippen molar-refractivity contribution in [3.8, 4) is 0 Å². The van der Waals surface area contributed by atoms with Crippen molar-refractivity contribution in [2.24, 2.45) is 0 Å². The molecule has 1 saturated carbocycles. The summed E-state index contributed by atoms with van der Waals surface area (Å²) in [6.45, 7) is 6.70. The van der Waals surface area contributed by atoms with E-state index in [2.05, 4.69) is 32.0 Å². The SMILES string of the molecule is C=CCn1c(SCC2=C(C(=O)OCC)CNC(=O)N2)nnc1C1CCCCC1. The molecule has 2 heterocycles. The molecular formula is C19H27N5O3S. The van der Waals surface area contributed by atoms with Gasteiger partial charge >= 0.3 is 12.0 Å². The zero-order chi connectivity index (χ0) is 19.9. The number of amides is 2. The van der Waals surface area contributed by atoms with Crippen LogP contribution in [-0.4, -0.2) is 45.7 Å². The highest BCUT2D eigenvalue weighted by Crippen LogP contribution is 2.33. The molecular weight excluding hydrogens is 378 g/mol. The second kappa shape index (κ2) is 9.77. The Kier molecular flexibility index (Phi) is 7.13. The van der Waals surface area contributed by atoms with Crippen LogP contribution in [0.15, 0.2) is 29.1 Å². The van der Waals surface area contributed by atoms with Crippen molar-refractivity contribution < 1.29 is 14.3 Å². The van der Waals surface area contributed by atoms with E-state index in [1.807, 2.05) is 6.08 Å². The number of rotatable bonds is 8. The summed E-state index contributed by atoms with van der Waals surface area (Å²) in [7, 11) is 0. The Bertz CT molecular complexity index is 768. The summed E-state index contributed by atoms with van der Waals surface area (Å²) >= 11 is 1.45. The number of carbonyl (C=O) groups excluding carboxylic acids is 2. The van der Waals surface area contributed by atoms with Crippen molar-refractivity contribution in [1.82, 2.24) is 25.4 Å². The van der Waals surface area contributed by atoms with Gasteiger partial charge in [0.1, 0.15) is 5.82 Å². The minimum Gasteiger partial charge on any atom is -0.463 e. The van der Waals surface area contributed by atoms with Crippen LogP contribution in [-0.2, 0) is 16.1 Å². The predicted octanol–water partition coefficient (Wildman–Crippen LogP) is 2.73. The molecule has 0 spiro atoms. The third-order valence-corrected chi connectivity index (χ3v) is 5.94. The maximum Gasteiger partial charge on any atom is 0.337 e. The molecule has 28 heavy (non-hydrogen) atoms. The normalized spacial score (nSPS) is 17.8. The van der Waals surface area contributed by atoms with E-state index in [-0.39, 0.29) is 19.2 Å². The highest BCUT2D eigenvalue weighted by atomic mass is 32.2. The third-order valence-electron chi connectivity index (χ3n) is 4.95. The molecule has 0 aromatic carbocycles. The van der Waals surface area contributed by atoms with Gasteiger partial charge < -0.3 is 19.9 Å². The molecule has 3 rings (SSSR count). The quantitative estimate of drug-likeness (QED) is 0.392. The molecule has 8 nitrogen and oxygen atoms in total. The Morgan fingerprint density at radius 2 is 2.14 bits per heavy atom. The van der Waals surface area contributed by atoms with Gasteiger partial charge in [-0.3, -0.25) is 0 Å². The molecule has 1 aromatic heterocycles. The van der Waals surface area contributed by atoms with E-state index in [0.29, 0.717) is 29.5 Å². The summed E-state index contributed by atoms with van der Waals surface area (Å²) in [6, 6.07) is -0.320. The summed E-state index contributed by atoms with van der Waals surface area (Å²) in [4.78, 5) is 23.9. The maximum atomic E-state index is 12.2. The number of ether oxygens (including phenoxy) is 1. The molecule has 0 bridgehead atoms. The first-order chi connectivity index (χ1) is 13.6. The molecule has 0 atom stereocenters. The second-order valence-corrected chi connectivity index (χ2v) is 7.79. The third kappa shape index (κ3) is 4.76. The number of nitrogens with one attached hydrogen (secondary N) is 2. The number of esters is 1. The van der Waals surface area contributed by atoms with Gasteiger partial charge in [0.25, 0.3) is 0 Å². The van der Waals surface area contributed by atoms with E-state index in [9.17, 15) is 9.59 Å². The fourth-order valence-corrected chi connectivity index (χ4v) is 4.52. The van der Waals surface area contributed by atoms with Gasteiger partial charge in [-0.2, -0.15) is 0 Å². The molecule has 1 aromatic rings. The van der Waals surface area contributed by atoms with Gasteiger partial charge in [0.15, 0.2) is 5.16 Å². The number of thioether (sulfide) groups is 1. The lowest BCUT2D eigenvalue weighted by Gasteiger charge is -2.22. The van der Waals surface area contributed by atoms with Gasteiger partial charge in [0.2, 0.25) is 0 Å². The number of hydrogen-bond donors (Lipinski definition) is 2. The van der Waals surface area contributed by atoms with Crippen molar-refractivity contribution in [3.63, 3.8) is 0 Å². The molecule has 9 heteroatoms. The van der Waals surface area contributed by atoms with Crippen LogP contribution >= 0.6 is 11.8 Å². The fourth-order valence-electron chi connectivity index (χ4n) is 3.58. The molecule has 1 aliphatic heterocycles. The van der Waals surface area contributed by atoms with Crippen LogP contribution in [0.5, 0.6) is 0 Å². The van der Waals surface area contributed by atoms with E-state index in [4.69, 9.17) is 4.74 Å². The Morgan fingerprint density at radius 1 is 1.36 bits per heavy atom. The monoisotopic (exact) mass is 405 g/mol. The van der Waals surface area contributed by atoms with Crippen LogP contribution in [0.25, 0.3) is 0 Å². The molecule has 1 aliphatic carbocycles. The number of hydrogen-bond acceptors (Lipinski definition) is 6. The lowest BCUT2D eigenvalue weighted by Crippen LogP contribution is -2.44. The number of allylic oxidation sites excluding steroid dienone is 1. The summed E-state index contributed by atoms with van der Waals surface area (Å²) < 4.78 is 7.20. The highest BCUT2D eigenvalue weighted by molar-refractivity contribution is 7.99. The number of urea groups is 1. The Hall–Kier alpha value is -2.29. The maximum absolute atomic E-state index is 12.2. The van der Waals surface area contributed by atoms with Crippen molar-refractivity contribution in [2.75, 3.05) is 18.9 Å². The smallest absolute Gasteiger partial charge is 0.337 e. The zero-order valence-electron chi connectivity index (χ0n) is 16.2. The van der Waals surface area contributed by atoms with Crippen LogP contribution < -0.4 is 10.6 Å². The first-order valence-corrected chi connectivity index (χ1v) is 10.7. The van der Waals surface area contributed by atoms with E-state index in [0.717, 1.165) is 23.8 Å². The standard InChI is InChI=1S/C19H27N5O3S/c1-3-10-24-16(13-8-6-5-7-9-13)22-23-19(24)28-12-15-14(17(25)27-4-2)11-20-18(26)21-15/h3,13H,1,4-12H2,2H3,(H2,20,21,26). The van der Waals surface area contributed by atoms with Crippen LogP contribution in [0.1, 0.15) is 50.8 Å². The molecule has 0 radical (unpaired) electrons. The summed E-state index contributed by atoms with van der Waals surface area (Å²) in [5.41, 5.74) is 0.996. The number of carbonyl (C=O) groups is 2. The average Bonchev–Trinajstić information content (AvgIpc) is 3.10. The zero-order valence-corrected chi connectivity index (χ0v) is 17.0. The van der Waals surface area contributed by atoms with E-state index < -0.39 is 5.97 Å². The van der Waals surface area contributed by atoms with Crippen LogP contribution in [0.3, 0.4) is 0 Å². The van der Waals surface area contributed by atoms with Crippen molar-refractivity contribution in [1.29, 1.82) is 0 Å². The molecule has 0 saturated heterocycles. The van der Waals surface area contributed by atoms with E-state index >= 15 is 0 Å². The van der Waals surface area contributed by atoms with Gasteiger partial charge in [-0.25, -0.2) is 9.59 Å². The first-order valence-electron chi connectivity index (χ1n) is 9.74. The van der Waals surface area contributed by atoms with E-state index in [1.165, 1.54) is 31.0 Å². The number of aromatic nitrogens is 3. The average molecular weight is 406 g/mol. The van der Waals surface area contributed by atoms with Crippen LogP contribution in [0.4, 0.5) is 4.79 Å². The van der Waals surface area contributed by atoms with Crippen LogP contribution in [0, 0.1) is 0 Å². The number of nitrogens with zero attached hydrogens (tertiary/aromatic N) is 3. The molecule has 2 aliphatic rings. The summed E-state index contributed by atoms with van der Waals surface area (Å²) in [6.07, 6.45) is 7.85. The molecule has 0 unspecified atom stereocenters. The fraction of sp³-hybridized carbons (Fsp3) is 0.579. The van der Waals surface area contributed by atoms with E-state index in [1.54, 1.807) is 6.92 Å². The van der Waals surface area contributed by atoms with Crippen molar-refractivity contribution >= 4 is 23.8 Å². The highest BCUT2D eigenvalue weighted by Gasteiger charge is 2.26. The lowest BCUT2D eigenvalue weighted by atomic mass is 9.89. The second-order valence-electron chi connectivity index (χ2n) is 6.85. The topological polar surface area (TPSA) is 98.1 Å². The Morgan fingerprint density at radius 3 is 2.86 bits per heavy atom. The van der Waals surface area contributed by atoms with Gasteiger partial charge in [-0.05, 0) is 19.8 Å². The minimum atomic E-state index is -0.416. The lowest BCUT2D eigenvalue weighted by molar-refractivity contribution is -0.138. The first kappa shape index (κ1) is 20.4. The molecule has 2 N–H and O–H groups in total. The van der Waals surface area contributed by atoms with Crippen molar-refractivity contribution in [3.05, 3.63) is 29.7 Å². The van der Waals surface area contributed by atoms with Gasteiger partial charge in [-0.15, -0.1) is 16.8 Å². The summed E-state index contributed by atoms with van der Waals surface area (Å²) in [5, 5.41) is 14.9. The summed E-state index contributed by atoms with van der Waals surface area (Å²) in [5.74, 6) is 1.43. The Balaban J connectivity index is 1.78. The Labute approximate surface area is 169 Å². The molecule has 2 amide bonds. The van der Waals surface area contributed by atoms with Gasteiger partial charge in [0.05, 0.1) is 18.7 Å². The van der Waals surface area contributed by atoms with Gasteiger partial charge in [0, 0.05) is 23.9 Å². The van der Waals surface area contributed by atoms with Gasteiger partial charge in [-0.1, -0.05) is 37.1 Å². The van der Waals surface area contributed by atoms with Crippen LogP contribution in [0.2, 0.25) is 0 Å². The molecule has 152 valence electrons. The predicted molar refractivity (Wildman–Crippen MR) is 107 cm³/mol. The van der Waals surface area contributed by atoms with Crippen molar-refractivity contribution in [2.45, 2.75) is 56.6 Å². The minimum absolute atomic E-state index is 0.160.